The second-order valence-electron chi connectivity index (χ2n) is 12.3. The van der Waals surface area contributed by atoms with Crippen molar-refractivity contribution in [3.8, 4) is 0 Å². The second kappa shape index (κ2) is 12.8. The van der Waals surface area contributed by atoms with E-state index in [0.29, 0.717) is 35.2 Å². The van der Waals surface area contributed by atoms with Gasteiger partial charge in [0.25, 0.3) is 5.91 Å². The lowest BCUT2D eigenvalue weighted by atomic mass is 9.74. The van der Waals surface area contributed by atoms with E-state index in [9.17, 15) is 13.2 Å². The van der Waals surface area contributed by atoms with Crippen LogP contribution in [-0.2, 0) is 15.4 Å². The van der Waals surface area contributed by atoms with Crippen LogP contribution in [0.25, 0.3) is 0 Å². The Hall–Kier alpha value is -2.58. The van der Waals surface area contributed by atoms with Crippen LogP contribution in [-0.4, -0.2) is 69.6 Å². The molecule has 0 N–H and O–H groups in total. The Labute approximate surface area is 266 Å². The predicted octanol–water partition coefficient (Wildman–Crippen LogP) is 7.06. The van der Waals surface area contributed by atoms with Gasteiger partial charge in [-0.3, -0.25) is 9.10 Å². The smallest absolute Gasteiger partial charge is 0.253 e. The molecule has 230 valence electrons. The van der Waals surface area contributed by atoms with Gasteiger partial charge in [-0.2, -0.15) is 0 Å². The Morgan fingerprint density at radius 2 is 1.65 bits per heavy atom. The third-order valence-electron chi connectivity index (χ3n) is 9.19. The average Bonchev–Trinajstić information content (AvgIpc) is 3.29. The van der Waals surface area contributed by atoms with Gasteiger partial charge < -0.3 is 9.80 Å². The fourth-order valence-corrected chi connectivity index (χ4v) is 8.19. The van der Waals surface area contributed by atoms with Crippen LogP contribution in [0.15, 0.2) is 60.7 Å². The van der Waals surface area contributed by atoms with E-state index in [1.165, 1.54) is 6.26 Å². The largest absolute Gasteiger partial charge is 0.338 e. The maximum Gasteiger partial charge on any atom is 0.253 e. The number of aryl methyl sites for hydroxylation is 2. The Morgan fingerprint density at radius 1 is 0.977 bits per heavy atom. The van der Waals surface area contributed by atoms with Gasteiger partial charge in [0.1, 0.15) is 0 Å². The molecule has 3 aromatic rings. The van der Waals surface area contributed by atoms with Crippen LogP contribution >= 0.6 is 23.2 Å². The van der Waals surface area contributed by atoms with Crippen molar-refractivity contribution in [1.82, 2.24) is 9.80 Å². The zero-order valence-corrected chi connectivity index (χ0v) is 27.8. The SMILES string of the molecule is CCN(CC(CCN1CCC2(CC1)CN(S(C)(=O)=O)c1ccccc12)c1ccc(Cl)c(Cl)c1)C(=O)c1cc(C)cc(C)c1. The number of para-hydroxylation sites is 1. The summed E-state index contributed by atoms with van der Waals surface area (Å²) in [5, 5.41) is 1.03. The number of sulfonamides is 1. The number of nitrogens with zero attached hydrogens (tertiary/aromatic N) is 3. The van der Waals surface area contributed by atoms with Gasteiger partial charge >= 0.3 is 0 Å². The highest BCUT2D eigenvalue weighted by molar-refractivity contribution is 7.92. The molecule has 2 aliphatic heterocycles. The molecule has 0 radical (unpaired) electrons. The minimum atomic E-state index is -3.34. The molecule has 1 fully saturated rings. The molecule has 1 atom stereocenters. The second-order valence-corrected chi connectivity index (χ2v) is 15.0. The molecule has 2 heterocycles. The van der Waals surface area contributed by atoms with Crippen LogP contribution in [0.5, 0.6) is 0 Å². The van der Waals surface area contributed by atoms with Crippen LogP contribution in [0.4, 0.5) is 5.69 Å². The van der Waals surface area contributed by atoms with Crippen LogP contribution < -0.4 is 4.31 Å². The topological polar surface area (TPSA) is 60.9 Å². The normalized spacial score (nSPS) is 17.2. The summed E-state index contributed by atoms with van der Waals surface area (Å²) in [7, 11) is -3.34. The molecule has 1 unspecified atom stereocenters. The fourth-order valence-electron chi connectivity index (χ4n) is 6.88. The first kappa shape index (κ1) is 31.8. The van der Waals surface area contributed by atoms with Crippen LogP contribution in [0.2, 0.25) is 10.0 Å². The number of benzene rings is 3. The number of amides is 1. The number of likely N-dealkylation sites (tertiary alicyclic amines) is 1. The summed E-state index contributed by atoms with van der Waals surface area (Å²) < 4.78 is 26.8. The number of hydrogen-bond acceptors (Lipinski definition) is 4. The van der Waals surface area contributed by atoms with Gasteiger partial charge in [-0.25, -0.2) is 8.42 Å². The Balaban J connectivity index is 1.31. The highest BCUT2D eigenvalue weighted by Gasteiger charge is 2.46. The first-order valence-corrected chi connectivity index (χ1v) is 17.6. The van der Waals surface area contributed by atoms with E-state index in [1.807, 2.05) is 74.2 Å². The standard InChI is InChI=1S/C34H41Cl2N3O3S/c1-5-38(33(40)28-19-24(2)18-25(3)20-28)22-27(26-10-11-30(35)31(36)21-26)12-15-37-16-13-34(14-17-37)23-39(43(4,41)42)32-9-7-6-8-29(32)34/h6-11,18-21,27H,5,12-17,22-23H2,1-4H3. The molecule has 0 aliphatic carbocycles. The van der Waals surface area contributed by atoms with Crippen molar-refractivity contribution in [3.05, 3.63) is 98.5 Å². The quantitative estimate of drug-likeness (QED) is 0.251. The maximum absolute atomic E-state index is 13.6. The van der Waals surface area contributed by atoms with Crippen LogP contribution in [0.3, 0.4) is 0 Å². The van der Waals surface area contributed by atoms with E-state index in [0.717, 1.165) is 66.8 Å². The fraction of sp³-hybridized carbons (Fsp3) is 0.441. The number of halogens is 2. The summed E-state index contributed by atoms with van der Waals surface area (Å²) in [5.41, 5.74) is 5.76. The molecule has 6 nitrogen and oxygen atoms in total. The van der Waals surface area contributed by atoms with Crippen molar-refractivity contribution < 1.29 is 13.2 Å². The summed E-state index contributed by atoms with van der Waals surface area (Å²) >= 11 is 12.7. The van der Waals surface area contributed by atoms with Gasteiger partial charge in [-0.05, 0) is 101 Å². The van der Waals surface area contributed by atoms with Crippen molar-refractivity contribution in [2.24, 2.45) is 0 Å². The first-order valence-electron chi connectivity index (χ1n) is 15.0. The monoisotopic (exact) mass is 641 g/mol. The highest BCUT2D eigenvalue weighted by atomic mass is 35.5. The lowest BCUT2D eigenvalue weighted by Gasteiger charge is -2.40. The number of fused-ring (bicyclic) bond motifs is 2. The third-order valence-corrected chi connectivity index (χ3v) is 11.1. The summed E-state index contributed by atoms with van der Waals surface area (Å²) in [5.74, 6) is 0.114. The zero-order valence-electron chi connectivity index (χ0n) is 25.4. The molecule has 1 spiro atoms. The molecule has 3 aromatic carbocycles. The molecule has 1 saturated heterocycles. The van der Waals surface area contributed by atoms with Crippen molar-refractivity contribution in [1.29, 1.82) is 0 Å². The van der Waals surface area contributed by atoms with E-state index >= 15 is 0 Å². The summed E-state index contributed by atoms with van der Waals surface area (Å²) in [6.45, 7) is 10.4. The van der Waals surface area contributed by atoms with E-state index in [2.05, 4.69) is 17.0 Å². The van der Waals surface area contributed by atoms with E-state index in [-0.39, 0.29) is 17.2 Å². The van der Waals surface area contributed by atoms with Gasteiger partial charge in [0.05, 0.1) is 22.0 Å². The molecule has 1 amide bonds. The molecule has 9 heteroatoms. The first-order chi connectivity index (χ1) is 20.4. The number of carbonyl (C=O) groups excluding carboxylic acids is 1. The molecule has 5 rings (SSSR count). The Morgan fingerprint density at radius 3 is 2.28 bits per heavy atom. The highest BCUT2D eigenvalue weighted by Crippen LogP contribution is 2.48. The number of rotatable bonds is 9. The lowest BCUT2D eigenvalue weighted by molar-refractivity contribution is 0.0747. The zero-order chi connectivity index (χ0) is 30.9. The number of anilines is 1. The van der Waals surface area contributed by atoms with Gasteiger partial charge in [-0.15, -0.1) is 0 Å². The maximum atomic E-state index is 13.6. The molecular weight excluding hydrogens is 601 g/mol. The van der Waals surface area contributed by atoms with Gasteiger partial charge in [-0.1, -0.05) is 64.7 Å². The number of piperidine rings is 1. The molecule has 43 heavy (non-hydrogen) atoms. The third kappa shape index (κ3) is 6.90. The van der Waals surface area contributed by atoms with E-state index < -0.39 is 10.0 Å². The Bertz CT molecular complexity index is 1580. The predicted molar refractivity (Wildman–Crippen MR) is 177 cm³/mol. The molecule has 0 aromatic heterocycles. The van der Waals surface area contributed by atoms with Crippen LogP contribution in [0.1, 0.15) is 64.7 Å². The number of likely N-dealkylation sites (N-methyl/N-ethyl adjacent to an activating group) is 1. The average molecular weight is 643 g/mol. The van der Waals surface area contributed by atoms with E-state index in [4.69, 9.17) is 23.2 Å². The molecule has 2 aliphatic rings. The van der Waals surface area contributed by atoms with E-state index in [1.54, 1.807) is 4.31 Å². The lowest BCUT2D eigenvalue weighted by Crippen LogP contribution is -2.46. The van der Waals surface area contributed by atoms with Crippen molar-refractivity contribution in [3.63, 3.8) is 0 Å². The van der Waals surface area contributed by atoms with Crippen molar-refractivity contribution >= 4 is 44.8 Å². The van der Waals surface area contributed by atoms with Crippen molar-refractivity contribution in [2.45, 2.75) is 51.4 Å². The number of carbonyl (C=O) groups is 1. The van der Waals surface area contributed by atoms with Gasteiger partial charge in [0, 0.05) is 36.5 Å². The van der Waals surface area contributed by atoms with Crippen LogP contribution in [0, 0.1) is 13.8 Å². The molecule has 0 bridgehead atoms. The van der Waals surface area contributed by atoms with Crippen molar-refractivity contribution in [2.75, 3.05) is 49.8 Å². The Kier molecular flexibility index (Phi) is 9.48. The summed E-state index contributed by atoms with van der Waals surface area (Å²) in [6, 6.07) is 19.8. The molecule has 0 saturated carbocycles. The summed E-state index contributed by atoms with van der Waals surface area (Å²) in [6.07, 6.45) is 3.96. The number of hydrogen-bond donors (Lipinski definition) is 0. The minimum absolute atomic E-state index is 0.0367. The summed E-state index contributed by atoms with van der Waals surface area (Å²) in [4.78, 5) is 18.0. The molecular formula is C34H41Cl2N3O3S. The van der Waals surface area contributed by atoms with Gasteiger partial charge in [0.2, 0.25) is 10.0 Å². The minimum Gasteiger partial charge on any atom is -0.338 e. The van der Waals surface area contributed by atoms with Gasteiger partial charge in [0.15, 0.2) is 0 Å².